The number of piperazine rings is 1. The average molecular weight is 241 g/mol. The molecule has 2 aliphatic heterocycles. The van der Waals surface area contributed by atoms with Crippen molar-refractivity contribution in [2.24, 2.45) is 5.92 Å². The molecule has 17 heavy (non-hydrogen) atoms. The van der Waals surface area contributed by atoms with Crippen LogP contribution < -0.4 is 5.32 Å². The second kappa shape index (κ2) is 6.69. The van der Waals surface area contributed by atoms with Gasteiger partial charge in [0, 0.05) is 39.3 Å². The molecule has 2 fully saturated rings. The van der Waals surface area contributed by atoms with Gasteiger partial charge in [-0.15, -0.1) is 0 Å². The molecule has 2 saturated heterocycles. The van der Waals surface area contributed by atoms with Crippen LogP contribution in [0, 0.1) is 5.92 Å². The molecular weight excluding hydrogens is 214 g/mol. The van der Waals surface area contributed by atoms with Gasteiger partial charge >= 0.3 is 0 Å². The molecule has 0 saturated carbocycles. The molecule has 0 bridgehead atoms. The molecule has 0 radical (unpaired) electrons. The zero-order chi connectivity index (χ0) is 12.1. The van der Waals surface area contributed by atoms with Gasteiger partial charge in [-0.3, -0.25) is 4.90 Å². The number of likely N-dealkylation sites (tertiary alicyclic amines) is 1. The fourth-order valence-electron chi connectivity index (χ4n) is 2.79. The van der Waals surface area contributed by atoms with E-state index >= 15 is 0 Å². The molecule has 4 nitrogen and oxygen atoms in total. The molecule has 0 aromatic carbocycles. The summed E-state index contributed by atoms with van der Waals surface area (Å²) in [6.07, 6.45) is 2.40. The van der Waals surface area contributed by atoms with Crippen molar-refractivity contribution in [3.05, 3.63) is 0 Å². The van der Waals surface area contributed by atoms with E-state index in [1.54, 1.807) is 0 Å². The molecule has 1 unspecified atom stereocenters. The topological polar surface area (TPSA) is 38.7 Å². The second-order valence-corrected chi connectivity index (χ2v) is 5.69. The smallest absolute Gasteiger partial charge is 0.0793 e. The van der Waals surface area contributed by atoms with Gasteiger partial charge in [0.15, 0.2) is 0 Å². The monoisotopic (exact) mass is 241 g/mol. The summed E-state index contributed by atoms with van der Waals surface area (Å²) in [6.45, 7) is 10.6. The van der Waals surface area contributed by atoms with E-state index in [1.165, 1.54) is 25.9 Å². The third-order valence-corrected chi connectivity index (χ3v) is 4.02. The molecule has 2 rings (SSSR count). The van der Waals surface area contributed by atoms with Crippen LogP contribution in [-0.2, 0) is 0 Å². The zero-order valence-electron chi connectivity index (χ0n) is 11.1. The molecule has 4 heteroatoms. The normalized spacial score (nSPS) is 27.2. The first-order valence-corrected chi connectivity index (χ1v) is 7.07. The molecule has 2 heterocycles. The van der Waals surface area contributed by atoms with E-state index in [2.05, 4.69) is 22.0 Å². The summed E-state index contributed by atoms with van der Waals surface area (Å²) in [5.74, 6) is 0.872. The fourth-order valence-corrected chi connectivity index (χ4v) is 2.79. The Morgan fingerprint density at radius 1 is 1.06 bits per heavy atom. The summed E-state index contributed by atoms with van der Waals surface area (Å²) in [5.41, 5.74) is 0. The van der Waals surface area contributed by atoms with E-state index < -0.39 is 0 Å². The number of piperidine rings is 1. The van der Waals surface area contributed by atoms with Crippen molar-refractivity contribution in [2.45, 2.75) is 25.9 Å². The molecule has 2 aliphatic rings. The highest BCUT2D eigenvalue weighted by Gasteiger charge is 2.20. The summed E-state index contributed by atoms with van der Waals surface area (Å²) in [7, 11) is 0. The fraction of sp³-hybridized carbons (Fsp3) is 1.00. The molecule has 0 aromatic heterocycles. The maximum Gasteiger partial charge on any atom is 0.0793 e. The van der Waals surface area contributed by atoms with Gasteiger partial charge in [0.25, 0.3) is 0 Å². The van der Waals surface area contributed by atoms with Crippen LogP contribution in [0.4, 0.5) is 0 Å². The largest absolute Gasteiger partial charge is 0.390 e. The Balaban J connectivity index is 1.64. The Kier molecular flexibility index (Phi) is 5.22. The van der Waals surface area contributed by atoms with Gasteiger partial charge in [-0.1, -0.05) is 6.92 Å². The second-order valence-electron chi connectivity index (χ2n) is 5.69. The van der Waals surface area contributed by atoms with Crippen molar-refractivity contribution in [1.29, 1.82) is 0 Å². The number of aliphatic hydroxyl groups excluding tert-OH is 1. The Morgan fingerprint density at radius 2 is 1.59 bits per heavy atom. The van der Waals surface area contributed by atoms with E-state index in [-0.39, 0.29) is 6.10 Å². The van der Waals surface area contributed by atoms with Gasteiger partial charge in [0.05, 0.1) is 6.10 Å². The lowest BCUT2D eigenvalue weighted by atomic mass is 9.99. The van der Waals surface area contributed by atoms with E-state index in [4.69, 9.17) is 0 Å². The summed E-state index contributed by atoms with van der Waals surface area (Å²) >= 11 is 0. The molecule has 100 valence electrons. The van der Waals surface area contributed by atoms with Crippen molar-refractivity contribution >= 4 is 0 Å². The number of aliphatic hydroxyl groups is 1. The van der Waals surface area contributed by atoms with E-state index in [0.29, 0.717) is 0 Å². The molecule has 0 aliphatic carbocycles. The van der Waals surface area contributed by atoms with Gasteiger partial charge in [-0.25, -0.2) is 0 Å². The number of nitrogens with zero attached hydrogens (tertiary/aromatic N) is 2. The van der Waals surface area contributed by atoms with Gasteiger partial charge < -0.3 is 15.3 Å². The lowest BCUT2D eigenvalue weighted by molar-refractivity contribution is 0.0579. The minimum atomic E-state index is -0.179. The van der Waals surface area contributed by atoms with Crippen molar-refractivity contribution in [3.63, 3.8) is 0 Å². The molecule has 2 N–H and O–H groups in total. The van der Waals surface area contributed by atoms with Crippen molar-refractivity contribution in [3.8, 4) is 0 Å². The lowest BCUT2D eigenvalue weighted by Gasteiger charge is -2.34. The van der Waals surface area contributed by atoms with Crippen LogP contribution in [0.5, 0.6) is 0 Å². The molecule has 0 aromatic rings. The predicted molar refractivity (Wildman–Crippen MR) is 70.2 cm³/mol. The van der Waals surface area contributed by atoms with E-state index in [9.17, 15) is 5.11 Å². The third-order valence-electron chi connectivity index (χ3n) is 4.02. The number of nitrogens with one attached hydrogen (secondary N) is 1. The maximum atomic E-state index is 10.1. The number of hydrogen-bond donors (Lipinski definition) is 2. The van der Waals surface area contributed by atoms with Gasteiger partial charge in [-0.2, -0.15) is 0 Å². The Morgan fingerprint density at radius 3 is 2.18 bits per heavy atom. The first-order chi connectivity index (χ1) is 8.24. The highest BCUT2D eigenvalue weighted by atomic mass is 16.3. The summed E-state index contributed by atoms with van der Waals surface area (Å²) in [5, 5.41) is 13.5. The Bertz CT molecular complexity index is 211. The van der Waals surface area contributed by atoms with E-state index in [1.807, 2.05) is 0 Å². The minimum absolute atomic E-state index is 0.179. The van der Waals surface area contributed by atoms with Crippen LogP contribution >= 0.6 is 0 Å². The first-order valence-electron chi connectivity index (χ1n) is 7.07. The zero-order valence-corrected chi connectivity index (χ0v) is 11.1. The highest BCUT2D eigenvalue weighted by molar-refractivity contribution is 4.76. The van der Waals surface area contributed by atoms with Crippen molar-refractivity contribution in [2.75, 3.05) is 52.4 Å². The van der Waals surface area contributed by atoms with Crippen LogP contribution in [0.1, 0.15) is 19.8 Å². The van der Waals surface area contributed by atoms with E-state index in [0.717, 1.165) is 45.2 Å². The highest BCUT2D eigenvalue weighted by Crippen LogP contribution is 2.16. The minimum Gasteiger partial charge on any atom is -0.390 e. The van der Waals surface area contributed by atoms with Gasteiger partial charge in [-0.05, 0) is 31.8 Å². The first kappa shape index (κ1) is 13.3. The number of hydrogen-bond acceptors (Lipinski definition) is 4. The van der Waals surface area contributed by atoms with Crippen molar-refractivity contribution in [1.82, 2.24) is 15.1 Å². The molecule has 0 amide bonds. The number of rotatable bonds is 4. The lowest BCUT2D eigenvalue weighted by Crippen LogP contribution is -2.49. The Hall–Kier alpha value is -0.160. The van der Waals surface area contributed by atoms with Crippen LogP contribution in [0.15, 0.2) is 0 Å². The molecular formula is C13H27N3O. The summed E-state index contributed by atoms with van der Waals surface area (Å²) in [6, 6.07) is 0. The van der Waals surface area contributed by atoms with Gasteiger partial charge in [0.2, 0.25) is 0 Å². The summed E-state index contributed by atoms with van der Waals surface area (Å²) < 4.78 is 0. The molecule has 1 atom stereocenters. The van der Waals surface area contributed by atoms with Crippen LogP contribution in [0.3, 0.4) is 0 Å². The average Bonchev–Trinajstić information content (AvgIpc) is 2.33. The maximum absolute atomic E-state index is 10.1. The van der Waals surface area contributed by atoms with Crippen LogP contribution in [-0.4, -0.2) is 73.4 Å². The van der Waals surface area contributed by atoms with Gasteiger partial charge in [0.1, 0.15) is 0 Å². The van der Waals surface area contributed by atoms with Crippen molar-refractivity contribution < 1.29 is 5.11 Å². The van der Waals surface area contributed by atoms with Crippen LogP contribution in [0.25, 0.3) is 0 Å². The quantitative estimate of drug-likeness (QED) is 0.726. The summed E-state index contributed by atoms with van der Waals surface area (Å²) in [4.78, 5) is 4.79. The SMILES string of the molecule is CC1CCN(CC(O)CN2CCNCC2)CC1. The standard InChI is InChI=1S/C13H27N3O/c1-12-2-6-15(7-3-12)10-13(17)11-16-8-4-14-5-9-16/h12-14,17H,2-11H2,1H3. The molecule has 0 spiro atoms. The third kappa shape index (κ3) is 4.54. The Labute approximate surface area is 105 Å². The van der Waals surface area contributed by atoms with Crippen LogP contribution in [0.2, 0.25) is 0 Å². The number of β-amino-alcohol motifs (C(OH)–C–C–N with tert-alkyl or cyclic N) is 1. The predicted octanol–water partition coefficient (Wildman–Crippen LogP) is -0.0156.